The zero-order chi connectivity index (χ0) is 13.8. The SMILES string of the molecule is COc1cccc(OC)c1OS(=O)(=O)NC(=O)O. The summed E-state index contributed by atoms with van der Waals surface area (Å²) in [6.45, 7) is 0. The van der Waals surface area contributed by atoms with E-state index in [0.29, 0.717) is 0 Å². The summed E-state index contributed by atoms with van der Waals surface area (Å²) >= 11 is 0. The van der Waals surface area contributed by atoms with Crippen LogP contribution >= 0.6 is 0 Å². The van der Waals surface area contributed by atoms with Crippen molar-refractivity contribution in [3.05, 3.63) is 18.2 Å². The fraction of sp³-hybridized carbons (Fsp3) is 0.222. The Labute approximate surface area is 103 Å². The summed E-state index contributed by atoms with van der Waals surface area (Å²) in [6, 6.07) is 4.43. The monoisotopic (exact) mass is 277 g/mol. The number of para-hydroxylation sites is 1. The summed E-state index contributed by atoms with van der Waals surface area (Å²) < 4.78 is 38.2. The Morgan fingerprint density at radius 3 is 2.11 bits per heavy atom. The van der Waals surface area contributed by atoms with Crippen LogP contribution in [0.25, 0.3) is 0 Å². The van der Waals surface area contributed by atoms with Crippen molar-refractivity contribution >= 4 is 16.4 Å². The highest BCUT2D eigenvalue weighted by atomic mass is 32.2. The molecule has 8 nitrogen and oxygen atoms in total. The maximum Gasteiger partial charge on any atom is 0.421 e. The molecule has 1 aromatic carbocycles. The molecule has 0 aromatic heterocycles. The van der Waals surface area contributed by atoms with Gasteiger partial charge in [0.1, 0.15) is 0 Å². The van der Waals surface area contributed by atoms with Gasteiger partial charge in [-0.05, 0) is 12.1 Å². The van der Waals surface area contributed by atoms with Crippen molar-refractivity contribution in [1.82, 2.24) is 4.72 Å². The second kappa shape index (κ2) is 5.45. The first-order chi connectivity index (χ1) is 8.39. The van der Waals surface area contributed by atoms with Crippen LogP contribution in [0.4, 0.5) is 4.79 Å². The van der Waals surface area contributed by atoms with Crippen LogP contribution in [0.15, 0.2) is 18.2 Å². The molecule has 0 heterocycles. The first-order valence-corrected chi connectivity index (χ1v) is 5.96. The van der Waals surface area contributed by atoms with E-state index < -0.39 is 16.4 Å². The summed E-state index contributed by atoms with van der Waals surface area (Å²) in [5.74, 6) is -0.0634. The van der Waals surface area contributed by atoms with E-state index in [1.807, 2.05) is 0 Å². The molecule has 0 saturated carbocycles. The van der Waals surface area contributed by atoms with Gasteiger partial charge in [-0.25, -0.2) is 4.79 Å². The number of hydrogen-bond acceptors (Lipinski definition) is 6. The Morgan fingerprint density at radius 2 is 1.72 bits per heavy atom. The van der Waals surface area contributed by atoms with Crippen molar-refractivity contribution in [1.29, 1.82) is 0 Å². The number of hydrogen-bond donors (Lipinski definition) is 2. The third kappa shape index (κ3) is 3.42. The van der Waals surface area contributed by atoms with Crippen molar-refractivity contribution in [3.8, 4) is 17.2 Å². The average Bonchev–Trinajstić information content (AvgIpc) is 2.27. The molecule has 9 heteroatoms. The summed E-state index contributed by atoms with van der Waals surface area (Å²) in [7, 11) is -1.90. The van der Waals surface area contributed by atoms with Crippen LogP contribution in [0, 0.1) is 0 Å². The predicted octanol–water partition coefficient (Wildman–Crippen LogP) is 0.595. The second-order valence-corrected chi connectivity index (χ2v) is 4.22. The van der Waals surface area contributed by atoms with Gasteiger partial charge >= 0.3 is 16.4 Å². The number of methoxy groups -OCH3 is 2. The Hall–Kier alpha value is -2.16. The van der Waals surface area contributed by atoms with Crippen LogP contribution in [-0.2, 0) is 10.3 Å². The van der Waals surface area contributed by atoms with Crippen molar-refractivity contribution in [2.24, 2.45) is 0 Å². The van der Waals surface area contributed by atoms with Crippen LogP contribution < -0.4 is 18.4 Å². The topological polar surface area (TPSA) is 111 Å². The van der Waals surface area contributed by atoms with Crippen molar-refractivity contribution in [3.63, 3.8) is 0 Å². The van der Waals surface area contributed by atoms with E-state index in [1.165, 1.54) is 31.1 Å². The van der Waals surface area contributed by atoms with Crippen LogP contribution in [0.5, 0.6) is 17.2 Å². The molecule has 0 radical (unpaired) electrons. The number of carboxylic acid groups (broad SMARTS) is 1. The van der Waals surface area contributed by atoms with Crippen molar-refractivity contribution in [2.75, 3.05) is 14.2 Å². The van der Waals surface area contributed by atoms with Gasteiger partial charge in [0.05, 0.1) is 14.2 Å². The lowest BCUT2D eigenvalue weighted by atomic mass is 10.3. The van der Waals surface area contributed by atoms with Crippen LogP contribution in [0.1, 0.15) is 0 Å². The van der Waals surface area contributed by atoms with E-state index in [1.54, 1.807) is 6.07 Å². The lowest BCUT2D eigenvalue weighted by Crippen LogP contribution is -2.32. The first kappa shape index (κ1) is 13.9. The largest absolute Gasteiger partial charge is 0.493 e. The highest BCUT2D eigenvalue weighted by Crippen LogP contribution is 2.37. The van der Waals surface area contributed by atoms with Crippen LogP contribution in [0.2, 0.25) is 0 Å². The molecular weight excluding hydrogens is 266 g/mol. The maximum absolute atomic E-state index is 11.3. The van der Waals surface area contributed by atoms with E-state index >= 15 is 0 Å². The Morgan fingerprint density at radius 1 is 1.22 bits per heavy atom. The summed E-state index contributed by atoms with van der Waals surface area (Å²) in [6.07, 6.45) is -1.76. The highest BCUT2D eigenvalue weighted by Gasteiger charge is 2.21. The van der Waals surface area contributed by atoms with E-state index in [-0.39, 0.29) is 17.2 Å². The maximum atomic E-state index is 11.3. The number of rotatable bonds is 5. The first-order valence-electron chi connectivity index (χ1n) is 4.55. The van der Waals surface area contributed by atoms with E-state index in [9.17, 15) is 13.2 Å². The third-order valence-electron chi connectivity index (χ3n) is 1.79. The summed E-state index contributed by atoms with van der Waals surface area (Å²) in [5.41, 5.74) is 0. The molecule has 0 unspecified atom stereocenters. The van der Waals surface area contributed by atoms with Gasteiger partial charge in [0, 0.05) is 0 Å². The molecular formula is C9H11NO7S. The zero-order valence-corrected chi connectivity index (χ0v) is 10.4. The van der Waals surface area contributed by atoms with Crippen molar-refractivity contribution in [2.45, 2.75) is 0 Å². The minimum Gasteiger partial charge on any atom is -0.493 e. The number of ether oxygens (including phenoxy) is 2. The van der Waals surface area contributed by atoms with Gasteiger partial charge in [0.2, 0.25) is 5.75 Å². The number of benzene rings is 1. The summed E-state index contributed by atoms with van der Waals surface area (Å²) in [4.78, 5) is 10.3. The van der Waals surface area contributed by atoms with E-state index in [4.69, 9.17) is 14.6 Å². The quantitative estimate of drug-likeness (QED) is 0.810. The van der Waals surface area contributed by atoms with Gasteiger partial charge in [0.15, 0.2) is 11.5 Å². The van der Waals surface area contributed by atoms with Gasteiger partial charge in [-0.2, -0.15) is 13.1 Å². The minimum atomic E-state index is -4.51. The Bertz CT molecular complexity index is 518. The van der Waals surface area contributed by atoms with Gasteiger partial charge < -0.3 is 18.8 Å². The van der Waals surface area contributed by atoms with Gasteiger partial charge in [0.25, 0.3) is 0 Å². The molecule has 1 aromatic rings. The highest BCUT2D eigenvalue weighted by molar-refractivity contribution is 7.85. The normalized spacial score (nSPS) is 10.6. The molecule has 1 rings (SSSR count). The molecule has 0 aliphatic heterocycles. The Balaban J connectivity index is 3.13. The van der Waals surface area contributed by atoms with E-state index in [0.717, 1.165) is 0 Å². The number of nitrogens with one attached hydrogen (secondary N) is 1. The van der Waals surface area contributed by atoms with E-state index in [2.05, 4.69) is 4.18 Å². The smallest absolute Gasteiger partial charge is 0.421 e. The molecule has 0 fully saturated rings. The second-order valence-electron chi connectivity index (χ2n) is 2.94. The molecule has 0 bridgehead atoms. The van der Waals surface area contributed by atoms with Crippen LogP contribution in [-0.4, -0.2) is 33.8 Å². The van der Waals surface area contributed by atoms with Gasteiger partial charge in [-0.3, -0.25) is 0 Å². The fourth-order valence-electron chi connectivity index (χ4n) is 1.14. The molecule has 0 aliphatic rings. The molecule has 100 valence electrons. The Kier molecular flexibility index (Phi) is 4.21. The number of amides is 1. The molecule has 1 amide bonds. The standard InChI is InChI=1S/C9H11NO7S/c1-15-6-4-3-5-7(16-2)8(6)17-18(13,14)10-9(11)12/h3-5,10H,1-2H3,(H,11,12). The lowest BCUT2D eigenvalue weighted by Gasteiger charge is -2.13. The van der Waals surface area contributed by atoms with Crippen LogP contribution in [0.3, 0.4) is 0 Å². The van der Waals surface area contributed by atoms with Gasteiger partial charge in [-0.1, -0.05) is 6.07 Å². The summed E-state index contributed by atoms with van der Waals surface area (Å²) in [5, 5.41) is 8.35. The average molecular weight is 277 g/mol. The minimum absolute atomic E-state index is 0.0881. The molecule has 18 heavy (non-hydrogen) atoms. The van der Waals surface area contributed by atoms with Crippen molar-refractivity contribution < 1.29 is 32.0 Å². The lowest BCUT2D eigenvalue weighted by molar-refractivity contribution is 0.200. The molecule has 0 atom stereocenters. The van der Waals surface area contributed by atoms with Gasteiger partial charge in [-0.15, -0.1) is 0 Å². The predicted molar refractivity (Wildman–Crippen MR) is 60.3 cm³/mol. The zero-order valence-electron chi connectivity index (χ0n) is 9.54. The third-order valence-corrected chi connectivity index (χ3v) is 2.60. The molecule has 0 aliphatic carbocycles. The molecule has 0 saturated heterocycles. The number of carbonyl (C=O) groups is 1. The molecule has 2 N–H and O–H groups in total. The fourth-order valence-corrected chi connectivity index (χ4v) is 1.78. The molecule has 0 spiro atoms.